The Labute approximate surface area is 69.2 Å². The molecule has 1 rings (SSSR count). The van der Waals surface area contributed by atoms with Crippen molar-refractivity contribution in [3.63, 3.8) is 0 Å². The van der Waals surface area contributed by atoms with Crippen LogP contribution in [0.15, 0.2) is 0 Å². The van der Waals surface area contributed by atoms with Crippen molar-refractivity contribution in [2.75, 3.05) is 13.1 Å². The van der Waals surface area contributed by atoms with E-state index < -0.39 is 0 Å². The summed E-state index contributed by atoms with van der Waals surface area (Å²) in [7, 11) is 0. The molecule has 1 aliphatic heterocycles. The molecule has 0 aromatic rings. The van der Waals surface area contributed by atoms with Gasteiger partial charge in [0.05, 0.1) is 6.10 Å². The Morgan fingerprint density at radius 1 is 1.55 bits per heavy atom. The molecule has 0 unspecified atom stereocenters. The van der Waals surface area contributed by atoms with Gasteiger partial charge in [-0.05, 0) is 26.7 Å². The summed E-state index contributed by atoms with van der Waals surface area (Å²) in [5.74, 6) is 0. The van der Waals surface area contributed by atoms with E-state index in [1.807, 2.05) is 6.92 Å². The van der Waals surface area contributed by atoms with E-state index in [9.17, 15) is 5.11 Å². The van der Waals surface area contributed by atoms with E-state index in [-0.39, 0.29) is 6.10 Å². The molecule has 1 aliphatic rings. The van der Waals surface area contributed by atoms with Crippen LogP contribution in [0.5, 0.6) is 0 Å². The molecule has 2 nitrogen and oxygen atoms in total. The first-order chi connectivity index (χ1) is 5.06. The van der Waals surface area contributed by atoms with Gasteiger partial charge < -0.3 is 5.11 Å². The fourth-order valence-electron chi connectivity index (χ4n) is 1.44. The number of β-amino-alcohol motifs (C(OH)–C–C–N with tert-alkyl or cyclic N) is 1. The molecule has 1 N–H and O–H groups in total. The molecule has 2 heteroatoms. The van der Waals surface area contributed by atoms with Crippen molar-refractivity contribution >= 4 is 0 Å². The van der Waals surface area contributed by atoms with Crippen LogP contribution in [-0.4, -0.2) is 34.7 Å². The molecule has 0 spiro atoms. The topological polar surface area (TPSA) is 23.5 Å². The van der Waals surface area contributed by atoms with Crippen LogP contribution in [0.3, 0.4) is 0 Å². The normalized spacial score (nSPS) is 26.2. The average Bonchev–Trinajstić information content (AvgIpc) is 1.98. The minimum atomic E-state index is -0.130. The Hall–Kier alpha value is -0.0800. The molecule has 11 heavy (non-hydrogen) atoms. The molecule has 1 heterocycles. The fourth-order valence-corrected chi connectivity index (χ4v) is 1.44. The molecule has 1 atom stereocenters. The minimum Gasteiger partial charge on any atom is -0.392 e. The van der Waals surface area contributed by atoms with Crippen LogP contribution in [0.2, 0.25) is 0 Å². The lowest BCUT2D eigenvalue weighted by molar-refractivity contribution is -0.0216. The molecule has 1 fully saturated rings. The maximum Gasteiger partial charge on any atom is 0.0664 e. The largest absolute Gasteiger partial charge is 0.392 e. The zero-order valence-corrected chi connectivity index (χ0v) is 7.80. The van der Waals surface area contributed by atoms with Gasteiger partial charge in [-0.15, -0.1) is 0 Å². The first kappa shape index (κ1) is 9.01. The Morgan fingerprint density at radius 2 is 2.18 bits per heavy atom. The third kappa shape index (κ3) is 1.94. The average molecular weight is 157 g/mol. The molecule has 0 aliphatic carbocycles. The van der Waals surface area contributed by atoms with Gasteiger partial charge in [-0.25, -0.2) is 0 Å². The monoisotopic (exact) mass is 157 g/mol. The first-order valence-corrected chi connectivity index (χ1v) is 4.49. The Kier molecular flexibility index (Phi) is 2.55. The smallest absolute Gasteiger partial charge is 0.0664 e. The summed E-state index contributed by atoms with van der Waals surface area (Å²) in [4.78, 5) is 2.35. The van der Waals surface area contributed by atoms with Crippen molar-refractivity contribution in [3.05, 3.63) is 0 Å². The van der Waals surface area contributed by atoms with Gasteiger partial charge in [0.25, 0.3) is 0 Å². The summed E-state index contributed by atoms with van der Waals surface area (Å²) in [5.41, 5.74) is 0.343. The Morgan fingerprint density at radius 3 is 2.45 bits per heavy atom. The Balaban J connectivity index is 2.28. The molecule has 66 valence electrons. The van der Waals surface area contributed by atoms with Gasteiger partial charge in [-0.2, -0.15) is 0 Å². The third-order valence-electron chi connectivity index (χ3n) is 2.75. The van der Waals surface area contributed by atoms with E-state index in [2.05, 4.69) is 18.7 Å². The highest BCUT2D eigenvalue weighted by atomic mass is 16.3. The lowest BCUT2D eigenvalue weighted by atomic mass is 9.88. The van der Waals surface area contributed by atoms with E-state index in [0.29, 0.717) is 5.54 Å². The Bertz CT molecular complexity index is 134. The number of likely N-dealkylation sites (tertiary alicyclic amines) is 1. The molecule has 0 aromatic carbocycles. The van der Waals surface area contributed by atoms with Gasteiger partial charge in [-0.1, -0.05) is 6.92 Å². The van der Waals surface area contributed by atoms with E-state index in [1.54, 1.807) is 0 Å². The highest BCUT2D eigenvalue weighted by molar-refractivity contribution is 4.92. The standard InChI is InChI=1S/C9H19NO/c1-4-8(11)7-10-6-5-9(10,2)3/h8,11H,4-7H2,1-3H3/t8-/m1/s1. The van der Waals surface area contributed by atoms with E-state index >= 15 is 0 Å². The maximum atomic E-state index is 9.38. The summed E-state index contributed by atoms with van der Waals surface area (Å²) < 4.78 is 0. The molecule has 0 bridgehead atoms. The maximum absolute atomic E-state index is 9.38. The molecule has 0 amide bonds. The van der Waals surface area contributed by atoms with Crippen molar-refractivity contribution in [1.82, 2.24) is 4.90 Å². The van der Waals surface area contributed by atoms with Crippen LogP contribution in [0.25, 0.3) is 0 Å². The van der Waals surface area contributed by atoms with Gasteiger partial charge >= 0.3 is 0 Å². The number of aliphatic hydroxyl groups is 1. The summed E-state index contributed by atoms with van der Waals surface area (Å²) >= 11 is 0. The van der Waals surface area contributed by atoms with Crippen LogP contribution < -0.4 is 0 Å². The fraction of sp³-hybridized carbons (Fsp3) is 1.00. The van der Waals surface area contributed by atoms with E-state index in [0.717, 1.165) is 19.5 Å². The van der Waals surface area contributed by atoms with Crippen molar-refractivity contribution in [2.24, 2.45) is 0 Å². The molecular formula is C9H19NO. The lowest BCUT2D eigenvalue weighted by Crippen LogP contribution is -2.57. The summed E-state index contributed by atoms with van der Waals surface area (Å²) in [6, 6.07) is 0. The van der Waals surface area contributed by atoms with Crippen LogP contribution in [0.1, 0.15) is 33.6 Å². The predicted molar refractivity (Wildman–Crippen MR) is 46.6 cm³/mol. The van der Waals surface area contributed by atoms with Crippen molar-refractivity contribution in [2.45, 2.75) is 45.3 Å². The molecule has 0 aromatic heterocycles. The van der Waals surface area contributed by atoms with Gasteiger partial charge in [0.15, 0.2) is 0 Å². The molecule has 0 radical (unpaired) electrons. The van der Waals surface area contributed by atoms with Gasteiger partial charge in [0.2, 0.25) is 0 Å². The van der Waals surface area contributed by atoms with Crippen LogP contribution >= 0.6 is 0 Å². The number of rotatable bonds is 3. The van der Waals surface area contributed by atoms with Crippen molar-refractivity contribution in [3.8, 4) is 0 Å². The van der Waals surface area contributed by atoms with Crippen LogP contribution in [0.4, 0.5) is 0 Å². The van der Waals surface area contributed by atoms with Gasteiger partial charge in [-0.3, -0.25) is 4.90 Å². The lowest BCUT2D eigenvalue weighted by Gasteiger charge is -2.49. The highest BCUT2D eigenvalue weighted by Gasteiger charge is 2.35. The molecule has 0 saturated carbocycles. The van der Waals surface area contributed by atoms with Crippen LogP contribution in [0, 0.1) is 0 Å². The summed E-state index contributed by atoms with van der Waals surface area (Å²) in [5, 5.41) is 9.38. The van der Waals surface area contributed by atoms with Crippen molar-refractivity contribution in [1.29, 1.82) is 0 Å². The quantitative estimate of drug-likeness (QED) is 0.666. The number of nitrogens with zero attached hydrogens (tertiary/aromatic N) is 1. The van der Waals surface area contributed by atoms with Crippen molar-refractivity contribution < 1.29 is 5.11 Å². The second-order valence-electron chi connectivity index (χ2n) is 4.07. The SMILES string of the molecule is CC[C@@H](O)CN1CCC1(C)C. The third-order valence-corrected chi connectivity index (χ3v) is 2.75. The molecular weight excluding hydrogens is 138 g/mol. The summed E-state index contributed by atoms with van der Waals surface area (Å²) in [6.45, 7) is 8.50. The van der Waals surface area contributed by atoms with Crippen LogP contribution in [-0.2, 0) is 0 Å². The second-order valence-corrected chi connectivity index (χ2v) is 4.07. The number of aliphatic hydroxyl groups excluding tert-OH is 1. The van der Waals surface area contributed by atoms with Gasteiger partial charge in [0.1, 0.15) is 0 Å². The minimum absolute atomic E-state index is 0.130. The van der Waals surface area contributed by atoms with E-state index in [1.165, 1.54) is 6.42 Å². The van der Waals surface area contributed by atoms with Gasteiger partial charge in [0, 0.05) is 18.6 Å². The predicted octanol–water partition coefficient (Wildman–Crippen LogP) is 1.24. The molecule has 1 saturated heterocycles. The number of hydrogen-bond donors (Lipinski definition) is 1. The van der Waals surface area contributed by atoms with E-state index in [4.69, 9.17) is 0 Å². The zero-order valence-electron chi connectivity index (χ0n) is 7.80. The highest BCUT2D eigenvalue weighted by Crippen LogP contribution is 2.29. The number of hydrogen-bond acceptors (Lipinski definition) is 2. The summed E-state index contributed by atoms with van der Waals surface area (Å²) in [6.07, 6.45) is 2.00. The second kappa shape index (κ2) is 3.11. The first-order valence-electron chi connectivity index (χ1n) is 4.49. The zero-order chi connectivity index (χ0) is 8.48.